The van der Waals surface area contributed by atoms with Crippen molar-refractivity contribution in [2.24, 2.45) is 0 Å². The Bertz CT molecular complexity index is 1450. The third-order valence-corrected chi connectivity index (χ3v) is 7.56. The fourth-order valence-corrected chi connectivity index (χ4v) is 5.77. The van der Waals surface area contributed by atoms with Gasteiger partial charge in [0, 0.05) is 30.5 Å². The van der Waals surface area contributed by atoms with Gasteiger partial charge in [-0.05, 0) is 55.7 Å². The Balaban J connectivity index is 2.26. The quantitative estimate of drug-likeness (QED) is 0.326. The minimum absolute atomic E-state index is 0.00941. The molecule has 0 unspecified atom stereocenters. The van der Waals surface area contributed by atoms with Crippen LogP contribution in [-0.4, -0.2) is 58.6 Å². The van der Waals surface area contributed by atoms with E-state index in [0.717, 1.165) is 18.3 Å². The Kier molecular flexibility index (Phi) is 9.83. The predicted octanol–water partition coefficient (Wildman–Crippen LogP) is 6.34. The van der Waals surface area contributed by atoms with Crippen molar-refractivity contribution in [1.82, 2.24) is 4.90 Å². The van der Waals surface area contributed by atoms with Crippen molar-refractivity contribution in [3.63, 3.8) is 0 Å². The molecule has 0 aromatic heterocycles. The Morgan fingerprint density at radius 1 is 1.00 bits per heavy atom. The second-order valence-electron chi connectivity index (χ2n) is 9.97. The summed E-state index contributed by atoms with van der Waals surface area (Å²) in [5.74, 6) is -0.421. The average molecular weight is 641 g/mol. The van der Waals surface area contributed by atoms with E-state index in [2.05, 4.69) is 0 Å². The molecular weight excluding hydrogens is 610 g/mol. The summed E-state index contributed by atoms with van der Waals surface area (Å²) >= 11 is 0. The molecule has 0 spiro atoms. The van der Waals surface area contributed by atoms with Gasteiger partial charge in [-0.2, -0.15) is 26.3 Å². The van der Waals surface area contributed by atoms with Gasteiger partial charge in [-0.3, -0.25) is 9.80 Å². The highest BCUT2D eigenvalue weighted by Crippen LogP contribution is 2.45. The summed E-state index contributed by atoms with van der Waals surface area (Å²) in [7, 11) is -1.37. The van der Waals surface area contributed by atoms with Crippen LogP contribution in [0.5, 0.6) is 5.75 Å². The summed E-state index contributed by atoms with van der Waals surface area (Å²) in [5.41, 5.74) is -3.14. The number of methoxy groups -OCH3 is 2. The molecule has 1 aliphatic rings. The minimum Gasteiger partial charge on any atom is -0.496 e. The summed E-state index contributed by atoms with van der Waals surface area (Å²) in [6, 6.07) is 1.94. The number of halogens is 6. The van der Waals surface area contributed by atoms with Gasteiger partial charge in [0.05, 0.1) is 49.4 Å². The van der Waals surface area contributed by atoms with Crippen LogP contribution in [0.2, 0.25) is 0 Å². The third-order valence-electron chi connectivity index (χ3n) is 6.72. The van der Waals surface area contributed by atoms with Gasteiger partial charge in [0.15, 0.2) is 9.84 Å². The first-order valence-corrected chi connectivity index (χ1v) is 14.8. The predicted molar refractivity (Wildman–Crippen MR) is 142 cm³/mol. The van der Waals surface area contributed by atoms with E-state index in [1.807, 2.05) is 0 Å². The molecule has 2 atom stereocenters. The molecule has 2 aromatic carbocycles. The summed E-state index contributed by atoms with van der Waals surface area (Å²) in [6.07, 6.45) is -11.2. The first-order valence-electron chi connectivity index (χ1n) is 12.8. The summed E-state index contributed by atoms with van der Waals surface area (Å²) in [4.78, 5) is 28.2. The lowest BCUT2D eigenvalue weighted by Gasteiger charge is -2.43. The molecule has 0 radical (unpaired) electrons. The van der Waals surface area contributed by atoms with Crippen molar-refractivity contribution in [3.05, 3.63) is 58.1 Å². The molecule has 2 aromatic rings. The zero-order valence-corrected chi connectivity index (χ0v) is 24.6. The average Bonchev–Trinajstić information content (AvgIpc) is 2.88. The number of rotatable bonds is 7. The second-order valence-corrected chi connectivity index (χ2v) is 12.1. The lowest BCUT2D eigenvalue weighted by atomic mass is 9.89. The van der Waals surface area contributed by atoms with Crippen molar-refractivity contribution < 1.29 is 58.6 Å². The Morgan fingerprint density at radius 3 is 2.05 bits per heavy atom. The van der Waals surface area contributed by atoms with E-state index in [1.54, 1.807) is 13.8 Å². The number of hydrogen-bond acceptors (Lipinski definition) is 7. The lowest BCUT2D eigenvalue weighted by molar-refractivity contribution is -0.143. The Morgan fingerprint density at radius 2 is 1.58 bits per heavy atom. The summed E-state index contributed by atoms with van der Waals surface area (Å²) in [5, 5.41) is 0. The van der Waals surface area contributed by atoms with E-state index in [-0.39, 0.29) is 41.7 Å². The zero-order valence-electron chi connectivity index (χ0n) is 23.8. The van der Waals surface area contributed by atoms with Crippen LogP contribution in [0.25, 0.3) is 0 Å². The van der Waals surface area contributed by atoms with Crippen molar-refractivity contribution in [1.29, 1.82) is 0 Å². The van der Waals surface area contributed by atoms with E-state index in [9.17, 15) is 44.3 Å². The van der Waals surface area contributed by atoms with Crippen LogP contribution in [0, 0.1) is 0 Å². The number of alkyl halides is 6. The molecule has 43 heavy (non-hydrogen) atoms. The topological polar surface area (TPSA) is 102 Å². The number of carbonyl (C=O) groups excluding carboxylic acids is 2. The molecule has 0 aliphatic carbocycles. The van der Waals surface area contributed by atoms with Crippen LogP contribution < -0.4 is 9.64 Å². The van der Waals surface area contributed by atoms with Crippen molar-refractivity contribution in [2.75, 3.05) is 32.0 Å². The van der Waals surface area contributed by atoms with Crippen LogP contribution in [0.15, 0.2) is 30.3 Å². The molecule has 0 saturated carbocycles. The maximum Gasteiger partial charge on any atom is 0.416 e. The van der Waals surface area contributed by atoms with Crippen LogP contribution in [-0.2, 0) is 44.0 Å². The SMILES string of the molecule is CCOC(=O)N1c2cc(OC)c(CS(C)(=O)=O)cc2[C@@H](N(Cc2cc(C(F)(F)F)cc(C(F)(F)F)c2)C(=O)OC)C[C@H]1C. The smallest absolute Gasteiger partial charge is 0.416 e. The molecule has 9 nitrogen and oxygen atoms in total. The highest BCUT2D eigenvalue weighted by molar-refractivity contribution is 7.89. The van der Waals surface area contributed by atoms with E-state index in [1.165, 1.54) is 24.1 Å². The van der Waals surface area contributed by atoms with Crippen molar-refractivity contribution >= 4 is 27.7 Å². The van der Waals surface area contributed by atoms with E-state index >= 15 is 0 Å². The van der Waals surface area contributed by atoms with Crippen molar-refractivity contribution in [3.8, 4) is 5.75 Å². The van der Waals surface area contributed by atoms with Crippen LogP contribution >= 0.6 is 0 Å². The third kappa shape index (κ3) is 7.83. The van der Waals surface area contributed by atoms with E-state index in [4.69, 9.17) is 14.2 Å². The van der Waals surface area contributed by atoms with Gasteiger partial charge >= 0.3 is 24.5 Å². The van der Waals surface area contributed by atoms with Gasteiger partial charge < -0.3 is 14.2 Å². The molecule has 1 aliphatic heterocycles. The van der Waals surface area contributed by atoms with Gasteiger partial charge in [-0.15, -0.1) is 0 Å². The standard InChI is InChI=1S/C27H30F6N2O7S/c1-6-42-25(37)35-15(2)7-21(20-10-17(14-43(5,38)39)23(40-3)12-22(20)35)34(24(36)41-4)13-16-8-18(26(28,29)30)11-19(9-16)27(31,32)33/h8-12,15,21H,6-7,13-14H2,1-5H3/t15-,21+/m1/s1. The molecule has 16 heteroatoms. The number of hydrogen-bond donors (Lipinski definition) is 0. The number of nitrogens with zero attached hydrogens (tertiary/aromatic N) is 2. The fraction of sp³-hybridized carbons (Fsp3) is 0.481. The molecule has 238 valence electrons. The molecule has 0 saturated heterocycles. The Labute approximate surface area is 244 Å². The zero-order chi connectivity index (χ0) is 32.5. The van der Waals surface area contributed by atoms with Crippen LogP contribution in [0.4, 0.5) is 41.6 Å². The normalized spacial score (nSPS) is 17.2. The molecule has 1 heterocycles. The number of anilines is 1. The number of ether oxygens (including phenoxy) is 3. The number of sulfone groups is 1. The second kappa shape index (κ2) is 12.5. The van der Waals surface area contributed by atoms with Crippen LogP contribution in [0.1, 0.15) is 54.1 Å². The number of benzene rings is 2. The highest BCUT2D eigenvalue weighted by atomic mass is 32.2. The Hall–Kier alpha value is -3.69. The molecule has 0 N–H and O–H groups in total. The fourth-order valence-electron chi connectivity index (χ4n) is 4.98. The molecule has 0 fully saturated rings. The number of fused-ring (bicyclic) bond motifs is 1. The molecule has 0 bridgehead atoms. The largest absolute Gasteiger partial charge is 0.496 e. The first kappa shape index (κ1) is 33.8. The lowest BCUT2D eigenvalue weighted by Crippen LogP contribution is -2.47. The highest BCUT2D eigenvalue weighted by Gasteiger charge is 2.41. The monoisotopic (exact) mass is 640 g/mol. The summed E-state index contributed by atoms with van der Waals surface area (Å²) < 4.78 is 121. The summed E-state index contributed by atoms with van der Waals surface area (Å²) in [6.45, 7) is 2.44. The van der Waals surface area contributed by atoms with Crippen LogP contribution in [0.3, 0.4) is 0 Å². The van der Waals surface area contributed by atoms with Gasteiger partial charge in [0.1, 0.15) is 5.75 Å². The molecule has 3 rings (SSSR count). The number of amides is 2. The van der Waals surface area contributed by atoms with Crippen molar-refractivity contribution in [2.45, 2.75) is 57.0 Å². The number of carbonyl (C=O) groups is 2. The van der Waals surface area contributed by atoms with Gasteiger partial charge in [-0.1, -0.05) is 0 Å². The molecular formula is C27H30F6N2O7S. The van der Waals surface area contributed by atoms with E-state index in [0.29, 0.717) is 12.1 Å². The van der Waals surface area contributed by atoms with Gasteiger partial charge in [0.25, 0.3) is 0 Å². The minimum atomic E-state index is -5.12. The van der Waals surface area contributed by atoms with Gasteiger partial charge in [-0.25, -0.2) is 18.0 Å². The molecule has 2 amide bonds. The first-order chi connectivity index (χ1) is 19.8. The van der Waals surface area contributed by atoms with E-state index < -0.39 is 75.4 Å². The maximum absolute atomic E-state index is 13.6. The maximum atomic E-state index is 13.6. The van der Waals surface area contributed by atoms with Gasteiger partial charge in [0.2, 0.25) is 0 Å².